The molecule has 1 aromatic carbocycles. The molecule has 8 heteroatoms. The van der Waals surface area contributed by atoms with Crippen LogP contribution in [0.25, 0.3) is 0 Å². The zero-order valence-corrected chi connectivity index (χ0v) is 14.8. The zero-order valence-electron chi connectivity index (χ0n) is 14.8. The van der Waals surface area contributed by atoms with Gasteiger partial charge in [-0.2, -0.15) is 0 Å². The van der Waals surface area contributed by atoms with Gasteiger partial charge in [0.1, 0.15) is 5.82 Å². The summed E-state index contributed by atoms with van der Waals surface area (Å²) in [5.41, 5.74) is 1.08. The molecule has 27 heavy (non-hydrogen) atoms. The summed E-state index contributed by atoms with van der Waals surface area (Å²) in [6.45, 7) is 0.444. The molecule has 2 aromatic heterocycles. The number of pyridine rings is 1. The van der Waals surface area contributed by atoms with Gasteiger partial charge in [-0.3, -0.25) is 9.78 Å². The van der Waals surface area contributed by atoms with Crippen molar-refractivity contribution in [3.05, 3.63) is 66.5 Å². The Morgan fingerprint density at radius 2 is 1.67 bits per heavy atom. The third kappa shape index (κ3) is 5.40. The Labute approximate surface area is 156 Å². The molecule has 0 atom stereocenters. The summed E-state index contributed by atoms with van der Waals surface area (Å²) in [6, 6.07) is 14.4. The van der Waals surface area contributed by atoms with Crippen molar-refractivity contribution in [3.8, 4) is 11.5 Å². The average molecular weight is 365 g/mol. The smallest absolute Gasteiger partial charge is 0.263 e. The van der Waals surface area contributed by atoms with Crippen LogP contribution in [-0.2, 0) is 11.3 Å². The van der Waals surface area contributed by atoms with Crippen molar-refractivity contribution in [2.45, 2.75) is 6.54 Å². The van der Waals surface area contributed by atoms with E-state index in [2.05, 4.69) is 25.8 Å². The number of hydrogen-bond donors (Lipinski definition) is 2. The molecular weight excluding hydrogens is 346 g/mol. The summed E-state index contributed by atoms with van der Waals surface area (Å²) < 4.78 is 10.6. The molecule has 2 heterocycles. The highest BCUT2D eigenvalue weighted by Crippen LogP contribution is 2.25. The fraction of sp³-hybridized carbons (Fsp3) is 0.158. The fourth-order valence-corrected chi connectivity index (χ4v) is 2.25. The molecule has 0 bridgehead atoms. The predicted molar refractivity (Wildman–Crippen MR) is 101 cm³/mol. The highest BCUT2D eigenvalue weighted by atomic mass is 16.5. The van der Waals surface area contributed by atoms with Crippen molar-refractivity contribution in [2.24, 2.45) is 0 Å². The second-order valence-corrected chi connectivity index (χ2v) is 5.50. The number of amides is 1. The van der Waals surface area contributed by atoms with E-state index in [1.807, 2.05) is 18.2 Å². The van der Waals surface area contributed by atoms with E-state index in [0.29, 0.717) is 29.7 Å². The normalized spacial score (nSPS) is 10.1. The Hall–Kier alpha value is -3.68. The Kier molecular flexibility index (Phi) is 6.13. The standard InChI is InChI=1S/C19H19N5O3/c1-26-15-4-2-3-5-16(15)27-13-19(25)22-18-7-6-17(23-24-18)21-12-14-8-10-20-11-9-14/h2-11H,12-13H2,1H3,(H,21,23)(H,22,24,25). The second-order valence-electron chi connectivity index (χ2n) is 5.50. The van der Waals surface area contributed by atoms with Crippen LogP contribution < -0.4 is 20.1 Å². The average Bonchev–Trinajstić information content (AvgIpc) is 2.72. The van der Waals surface area contributed by atoms with E-state index in [1.54, 1.807) is 49.8 Å². The summed E-state index contributed by atoms with van der Waals surface area (Å²) >= 11 is 0. The van der Waals surface area contributed by atoms with Gasteiger partial charge in [-0.15, -0.1) is 10.2 Å². The number of nitrogens with zero attached hydrogens (tertiary/aromatic N) is 3. The van der Waals surface area contributed by atoms with Crippen molar-refractivity contribution >= 4 is 17.5 Å². The number of hydrogen-bond acceptors (Lipinski definition) is 7. The lowest BCUT2D eigenvalue weighted by atomic mass is 10.3. The van der Waals surface area contributed by atoms with E-state index in [9.17, 15) is 4.79 Å². The van der Waals surface area contributed by atoms with Crippen LogP contribution in [0.5, 0.6) is 11.5 Å². The number of benzene rings is 1. The SMILES string of the molecule is COc1ccccc1OCC(=O)Nc1ccc(NCc2ccncc2)nn1. The molecule has 3 aromatic rings. The van der Waals surface area contributed by atoms with Gasteiger partial charge in [0, 0.05) is 18.9 Å². The largest absolute Gasteiger partial charge is 0.493 e. The molecule has 0 aliphatic heterocycles. The lowest BCUT2D eigenvalue weighted by molar-refractivity contribution is -0.118. The summed E-state index contributed by atoms with van der Waals surface area (Å²) in [4.78, 5) is 16.0. The van der Waals surface area contributed by atoms with Crippen LogP contribution in [0, 0.1) is 0 Å². The Balaban J connectivity index is 1.48. The van der Waals surface area contributed by atoms with Crippen LogP contribution in [0.15, 0.2) is 60.9 Å². The molecule has 3 rings (SSSR count). The number of carbonyl (C=O) groups excluding carboxylic acids is 1. The molecule has 0 unspecified atom stereocenters. The first-order valence-corrected chi connectivity index (χ1v) is 8.27. The van der Waals surface area contributed by atoms with Gasteiger partial charge in [-0.25, -0.2) is 0 Å². The second kappa shape index (κ2) is 9.14. The number of aromatic nitrogens is 3. The third-order valence-corrected chi connectivity index (χ3v) is 3.58. The maximum Gasteiger partial charge on any atom is 0.263 e. The topological polar surface area (TPSA) is 98.3 Å². The predicted octanol–water partition coefficient (Wildman–Crippen LogP) is 2.51. The number of carbonyl (C=O) groups is 1. The molecule has 138 valence electrons. The molecule has 0 radical (unpaired) electrons. The van der Waals surface area contributed by atoms with Crippen molar-refractivity contribution in [3.63, 3.8) is 0 Å². The number of ether oxygens (including phenoxy) is 2. The van der Waals surface area contributed by atoms with Crippen LogP contribution in [0.2, 0.25) is 0 Å². The minimum absolute atomic E-state index is 0.163. The van der Waals surface area contributed by atoms with Gasteiger partial charge in [0.05, 0.1) is 7.11 Å². The van der Waals surface area contributed by atoms with Crippen LogP contribution in [0.3, 0.4) is 0 Å². The van der Waals surface area contributed by atoms with Gasteiger partial charge in [0.2, 0.25) is 0 Å². The first-order chi connectivity index (χ1) is 13.2. The summed E-state index contributed by atoms with van der Waals surface area (Å²) in [5.74, 6) is 1.67. The molecular formula is C19H19N5O3. The van der Waals surface area contributed by atoms with Crippen molar-refractivity contribution in [2.75, 3.05) is 24.4 Å². The van der Waals surface area contributed by atoms with Crippen LogP contribution in [-0.4, -0.2) is 34.8 Å². The van der Waals surface area contributed by atoms with Gasteiger partial charge in [0.25, 0.3) is 5.91 Å². The molecule has 0 fully saturated rings. The van der Waals surface area contributed by atoms with E-state index in [4.69, 9.17) is 9.47 Å². The van der Waals surface area contributed by atoms with Crippen LogP contribution >= 0.6 is 0 Å². The third-order valence-electron chi connectivity index (χ3n) is 3.58. The number of para-hydroxylation sites is 2. The molecule has 1 amide bonds. The minimum Gasteiger partial charge on any atom is -0.493 e. The van der Waals surface area contributed by atoms with Crippen LogP contribution in [0.4, 0.5) is 11.6 Å². The molecule has 2 N–H and O–H groups in total. The van der Waals surface area contributed by atoms with Gasteiger partial charge in [-0.05, 0) is 42.0 Å². The quantitative estimate of drug-likeness (QED) is 0.633. The lowest BCUT2D eigenvalue weighted by Crippen LogP contribution is -2.21. The molecule has 0 spiro atoms. The van der Waals surface area contributed by atoms with E-state index in [1.165, 1.54) is 0 Å². The van der Waals surface area contributed by atoms with Crippen molar-refractivity contribution in [1.82, 2.24) is 15.2 Å². The molecule has 0 aliphatic rings. The van der Waals surface area contributed by atoms with E-state index < -0.39 is 0 Å². The summed E-state index contributed by atoms with van der Waals surface area (Å²) in [7, 11) is 1.54. The van der Waals surface area contributed by atoms with Gasteiger partial charge in [0.15, 0.2) is 23.9 Å². The monoisotopic (exact) mass is 365 g/mol. The molecule has 0 aliphatic carbocycles. The first kappa shape index (κ1) is 18.1. The van der Waals surface area contributed by atoms with Gasteiger partial charge < -0.3 is 20.1 Å². The Morgan fingerprint density at radius 1 is 0.963 bits per heavy atom. The fourth-order valence-electron chi connectivity index (χ4n) is 2.25. The molecule has 0 saturated carbocycles. The number of anilines is 2. The van der Waals surface area contributed by atoms with E-state index in [0.717, 1.165) is 5.56 Å². The van der Waals surface area contributed by atoms with Gasteiger partial charge in [-0.1, -0.05) is 12.1 Å². The van der Waals surface area contributed by atoms with Crippen molar-refractivity contribution in [1.29, 1.82) is 0 Å². The minimum atomic E-state index is -0.340. The maximum atomic E-state index is 12.0. The number of methoxy groups -OCH3 is 1. The Morgan fingerprint density at radius 3 is 2.37 bits per heavy atom. The first-order valence-electron chi connectivity index (χ1n) is 8.27. The maximum absolute atomic E-state index is 12.0. The highest BCUT2D eigenvalue weighted by molar-refractivity contribution is 5.90. The lowest BCUT2D eigenvalue weighted by Gasteiger charge is -2.10. The number of nitrogens with one attached hydrogen (secondary N) is 2. The highest BCUT2D eigenvalue weighted by Gasteiger charge is 2.08. The van der Waals surface area contributed by atoms with Gasteiger partial charge >= 0.3 is 0 Å². The molecule has 8 nitrogen and oxygen atoms in total. The summed E-state index contributed by atoms with van der Waals surface area (Å²) in [6.07, 6.45) is 3.46. The van der Waals surface area contributed by atoms with E-state index in [-0.39, 0.29) is 12.5 Å². The van der Waals surface area contributed by atoms with E-state index >= 15 is 0 Å². The summed E-state index contributed by atoms with van der Waals surface area (Å²) in [5, 5.41) is 13.8. The molecule has 0 saturated heterocycles. The zero-order chi connectivity index (χ0) is 18.9. The number of rotatable bonds is 8. The Bertz CT molecular complexity index is 872. The van der Waals surface area contributed by atoms with Crippen molar-refractivity contribution < 1.29 is 14.3 Å². The van der Waals surface area contributed by atoms with Crippen LogP contribution in [0.1, 0.15) is 5.56 Å².